The van der Waals surface area contributed by atoms with Gasteiger partial charge in [-0.2, -0.15) is 0 Å². The Balaban J connectivity index is 3.03. The average Bonchev–Trinajstić information content (AvgIpc) is 2.10. The van der Waals surface area contributed by atoms with E-state index in [1.54, 1.807) is 12.2 Å². The number of hydrogen-bond acceptors (Lipinski definition) is 2. The van der Waals surface area contributed by atoms with Crippen LogP contribution in [-0.4, -0.2) is 11.3 Å². The fraction of sp³-hybridized carbons (Fsp3) is 0.300. The molecule has 0 aromatic rings. The van der Waals surface area contributed by atoms with E-state index in [-0.39, 0.29) is 5.78 Å². The van der Waals surface area contributed by atoms with Crippen LogP contribution in [0.5, 0.6) is 0 Å². The maximum absolute atomic E-state index is 11.0. The first-order valence-electron chi connectivity index (χ1n) is 3.90. The molecular formula is C10H13NO. The number of rotatable bonds is 1. The van der Waals surface area contributed by atoms with Crippen LogP contribution < -0.4 is 5.73 Å². The minimum absolute atomic E-state index is 0.0478. The predicted molar refractivity (Wildman–Crippen MR) is 49.6 cm³/mol. The Morgan fingerprint density at radius 3 is 2.75 bits per heavy atom. The highest BCUT2D eigenvalue weighted by atomic mass is 16.1. The molecule has 0 fully saturated rings. The molecule has 1 rings (SSSR count). The lowest BCUT2D eigenvalue weighted by molar-refractivity contribution is -0.113. The number of Topliss-reactive ketones (excluding diaryl/α,β-unsaturated/α-hetero) is 1. The van der Waals surface area contributed by atoms with E-state index in [2.05, 4.69) is 0 Å². The fourth-order valence-corrected chi connectivity index (χ4v) is 1.07. The quantitative estimate of drug-likeness (QED) is 0.634. The summed E-state index contributed by atoms with van der Waals surface area (Å²) in [6.07, 6.45) is 9.09. The van der Waals surface area contributed by atoms with Crippen molar-refractivity contribution in [3.05, 3.63) is 36.0 Å². The van der Waals surface area contributed by atoms with Crippen LogP contribution in [0.3, 0.4) is 0 Å². The second-order valence-corrected chi connectivity index (χ2v) is 3.24. The Hall–Kier alpha value is -1.15. The van der Waals surface area contributed by atoms with E-state index in [1.165, 1.54) is 6.92 Å². The number of carbonyl (C=O) groups excluding carboxylic acids is 1. The molecule has 0 spiro atoms. The van der Waals surface area contributed by atoms with Crippen molar-refractivity contribution in [3.63, 3.8) is 0 Å². The Labute approximate surface area is 72.5 Å². The topological polar surface area (TPSA) is 43.1 Å². The highest BCUT2D eigenvalue weighted by molar-refractivity contribution is 5.96. The Morgan fingerprint density at radius 1 is 1.50 bits per heavy atom. The summed E-state index contributed by atoms with van der Waals surface area (Å²) in [7, 11) is 0. The molecule has 0 saturated heterocycles. The molecule has 2 nitrogen and oxygen atoms in total. The summed E-state index contributed by atoms with van der Waals surface area (Å²) in [4.78, 5) is 11.0. The van der Waals surface area contributed by atoms with Crippen molar-refractivity contribution in [2.24, 2.45) is 5.73 Å². The van der Waals surface area contributed by atoms with Crippen molar-refractivity contribution < 1.29 is 4.79 Å². The molecule has 1 atom stereocenters. The molecule has 2 heteroatoms. The summed E-state index contributed by atoms with van der Waals surface area (Å²) in [5.41, 5.74) is 6.01. The van der Waals surface area contributed by atoms with E-state index in [0.29, 0.717) is 5.57 Å². The molecule has 64 valence electrons. The number of ketones is 1. The van der Waals surface area contributed by atoms with E-state index in [1.807, 2.05) is 25.2 Å². The van der Waals surface area contributed by atoms with Gasteiger partial charge in [-0.25, -0.2) is 0 Å². The monoisotopic (exact) mass is 163 g/mol. The SMILES string of the molecule is CC(=O)C1=CC(C)(N)C=CC=C1. The summed E-state index contributed by atoms with van der Waals surface area (Å²) in [5.74, 6) is 0.0478. The predicted octanol–water partition coefficient (Wildman–Crippen LogP) is 1.35. The fourth-order valence-electron chi connectivity index (χ4n) is 1.07. The standard InChI is InChI=1S/C10H13NO/c1-8(12)9-5-3-4-6-10(2,11)7-9/h3-7H,11H2,1-2H3. The highest BCUT2D eigenvalue weighted by Gasteiger charge is 2.14. The molecule has 1 aliphatic rings. The van der Waals surface area contributed by atoms with Gasteiger partial charge in [0.05, 0.1) is 5.54 Å². The van der Waals surface area contributed by atoms with E-state index >= 15 is 0 Å². The smallest absolute Gasteiger partial charge is 0.159 e. The van der Waals surface area contributed by atoms with Crippen molar-refractivity contribution in [2.75, 3.05) is 0 Å². The van der Waals surface area contributed by atoms with Gasteiger partial charge in [0.2, 0.25) is 0 Å². The van der Waals surface area contributed by atoms with Gasteiger partial charge in [-0.3, -0.25) is 4.79 Å². The highest BCUT2D eigenvalue weighted by Crippen LogP contribution is 2.13. The summed E-state index contributed by atoms with van der Waals surface area (Å²) in [6, 6.07) is 0. The van der Waals surface area contributed by atoms with Gasteiger partial charge in [0.25, 0.3) is 0 Å². The maximum Gasteiger partial charge on any atom is 0.159 e. The van der Waals surface area contributed by atoms with Gasteiger partial charge in [0, 0.05) is 5.57 Å². The first-order chi connectivity index (χ1) is 5.51. The van der Waals surface area contributed by atoms with Crippen LogP contribution in [0.15, 0.2) is 36.0 Å². The molecule has 12 heavy (non-hydrogen) atoms. The van der Waals surface area contributed by atoms with Gasteiger partial charge in [0.15, 0.2) is 5.78 Å². The zero-order chi connectivity index (χ0) is 9.19. The third kappa shape index (κ3) is 2.17. The lowest BCUT2D eigenvalue weighted by Crippen LogP contribution is -2.31. The van der Waals surface area contributed by atoms with Crippen molar-refractivity contribution in [2.45, 2.75) is 19.4 Å². The molecule has 0 heterocycles. The van der Waals surface area contributed by atoms with Gasteiger partial charge in [-0.1, -0.05) is 30.4 Å². The van der Waals surface area contributed by atoms with Crippen molar-refractivity contribution in [3.8, 4) is 0 Å². The van der Waals surface area contributed by atoms with Gasteiger partial charge in [-0.15, -0.1) is 0 Å². The second kappa shape index (κ2) is 3.07. The zero-order valence-electron chi connectivity index (χ0n) is 7.37. The first-order valence-corrected chi connectivity index (χ1v) is 3.90. The molecule has 1 aliphatic carbocycles. The van der Waals surface area contributed by atoms with Crippen LogP contribution in [0.25, 0.3) is 0 Å². The van der Waals surface area contributed by atoms with Crippen LogP contribution in [-0.2, 0) is 4.79 Å². The molecule has 0 amide bonds. The maximum atomic E-state index is 11.0. The van der Waals surface area contributed by atoms with Crippen LogP contribution in [0.1, 0.15) is 13.8 Å². The van der Waals surface area contributed by atoms with E-state index < -0.39 is 5.54 Å². The van der Waals surface area contributed by atoms with E-state index in [0.717, 1.165) is 0 Å². The van der Waals surface area contributed by atoms with Crippen LogP contribution >= 0.6 is 0 Å². The molecule has 0 saturated carbocycles. The average molecular weight is 163 g/mol. The molecule has 0 aliphatic heterocycles. The zero-order valence-corrected chi connectivity index (χ0v) is 7.37. The lowest BCUT2D eigenvalue weighted by Gasteiger charge is -2.14. The number of carbonyl (C=O) groups is 1. The summed E-state index contributed by atoms with van der Waals surface area (Å²) < 4.78 is 0. The minimum atomic E-state index is -0.509. The molecule has 0 aromatic heterocycles. The third-order valence-electron chi connectivity index (χ3n) is 1.72. The van der Waals surface area contributed by atoms with Gasteiger partial charge in [-0.05, 0) is 13.8 Å². The number of allylic oxidation sites excluding steroid dienone is 4. The van der Waals surface area contributed by atoms with E-state index in [9.17, 15) is 4.79 Å². The Morgan fingerprint density at radius 2 is 2.17 bits per heavy atom. The van der Waals surface area contributed by atoms with Crippen molar-refractivity contribution >= 4 is 5.78 Å². The molecule has 0 bridgehead atoms. The number of hydrogen-bond donors (Lipinski definition) is 1. The largest absolute Gasteiger partial charge is 0.319 e. The van der Waals surface area contributed by atoms with Crippen molar-refractivity contribution in [1.29, 1.82) is 0 Å². The third-order valence-corrected chi connectivity index (χ3v) is 1.72. The summed E-state index contributed by atoms with van der Waals surface area (Å²) in [5, 5.41) is 0. The van der Waals surface area contributed by atoms with Gasteiger partial charge >= 0.3 is 0 Å². The number of nitrogens with two attached hydrogens (primary N) is 1. The molecule has 0 radical (unpaired) electrons. The molecule has 2 N–H and O–H groups in total. The molecular weight excluding hydrogens is 150 g/mol. The Kier molecular flexibility index (Phi) is 2.29. The molecule has 1 unspecified atom stereocenters. The van der Waals surface area contributed by atoms with E-state index in [4.69, 9.17) is 5.73 Å². The summed E-state index contributed by atoms with van der Waals surface area (Å²) >= 11 is 0. The minimum Gasteiger partial charge on any atom is -0.319 e. The molecule has 0 aromatic carbocycles. The second-order valence-electron chi connectivity index (χ2n) is 3.24. The van der Waals surface area contributed by atoms with Crippen molar-refractivity contribution in [1.82, 2.24) is 0 Å². The summed E-state index contributed by atoms with van der Waals surface area (Å²) in [6.45, 7) is 3.40. The normalized spacial score (nSPS) is 28.1. The van der Waals surface area contributed by atoms with Crippen LogP contribution in [0.2, 0.25) is 0 Å². The van der Waals surface area contributed by atoms with Crippen LogP contribution in [0.4, 0.5) is 0 Å². The lowest BCUT2D eigenvalue weighted by atomic mass is 9.99. The van der Waals surface area contributed by atoms with Gasteiger partial charge < -0.3 is 5.73 Å². The first kappa shape index (κ1) is 8.94. The van der Waals surface area contributed by atoms with Gasteiger partial charge in [0.1, 0.15) is 0 Å². The van der Waals surface area contributed by atoms with Crippen LogP contribution in [0, 0.1) is 0 Å². The Bertz CT molecular complexity index is 282.